The Morgan fingerprint density at radius 2 is 0.384 bits per heavy atom. The topological polar surface area (TPSA) is 85.4 Å². The first-order chi connectivity index (χ1) is 32.8. The van der Waals surface area contributed by atoms with Crippen LogP contribution in [0.4, 0.5) is 105 Å². The van der Waals surface area contributed by atoms with E-state index in [9.17, 15) is 105 Å². The normalized spacial score (nSPS) is 12.6. The van der Waals surface area contributed by atoms with Crippen LogP contribution >= 0.6 is 0 Å². The summed E-state index contributed by atoms with van der Waals surface area (Å²) in [5, 5.41) is 34.9. The molecule has 0 saturated heterocycles. The van der Waals surface area contributed by atoms with Crippen molar-refractivity contribution in [1.29, 1.82) is 0 Å². The van der Waals surface area contributed by atoms with Crippen LogP contribution in [-0.2, 0) is 49.4 Å². The van der Waals surface area contributed by atoms with Crippen molar-refractivity contribution in [2.24, 2.45) is 0 Å². The number of rotatable bonds is 9. The van der Waals surface area contributed by atoms with Crippen LogP contribution in [0.2, 0.25) is 0 Å². The van der Waals surface area contributed by atoms with E-state index in [0.717, 1.165) is 0 Å². The van der Waals surface area contributed by atoms with Crippen LogP contribution in [0.3, 0.4) is 0 Å². The molecule has 0 aliphatic heterocycles. The molecule has 0 aliphatic carbocycles. The zero-order valence-corrected chi connectivity index (χ0v) is 37.7. The number of phenols is 4. The molecule has 0 atom stereocenters. The number of unbranched alkanes of at least 4 members (excludes halogenated alkanes) is 3. The Morgan fingerprint density at radius 3 is 0.479 bits per heavy atom. The van der Waals surface area contributed by atoms with Gasteiger partial charge < -0.3 is 25.3 Å². The summed E-state index contributed by atoms with van der Waals surface area (Å²) in [5.74, 6) is -4.29. The van der Waals surface area contributed by atoms with Crippen molar-refractivity contribution in [3.8, 4) is 23.0 Å². The van der Waals surface area contributed by atoms with Crippen LogP contribution in [0, 0.1) is 0 Å². The van der Waals surface area contributed by atoms with Crippen molar-refractivity contribution >= 4 is 0 Å². The number of benzene rings is 4. The lowest BCUT2D eigenvalue weighted by Gasteiger charge is -2.18. The molecule has 0 saturated carbocycles. The zero-order valence-electron chi connectivity index (χ0n) is 37.7. The van der Waals surface area contributed by atoms with E-state index in [0.29, 0.717) is 0 Å². The molecule has 416 valence electrons. The predicted octanol–water partition coefficient (Wildman–Crippen LogP) is 16.0. The van der Waals surface area contributed by atoms with E-state index in [4.69, 9.17) is 20.4 Å². The molecular formula is C44H44F24NO4+. The van der Waals surface area contributed by atoms with Crippen molar-refractivity contribution in [3.63, 3.8) is 0 Å². The number of halogens is 24. The van der Waals surface area contributed by atoms with Crippen molar-refractivity contribution in [3.05, 3.63) is 117 Å². The highest BCUT2D eigenvalue weighted by molar-refractivity contribution is 5.39. The summed E-state index contributed by atoms with van der Waals surface area (Å²) < 4.78 is 289. The van der Waals surface area contributed by atoms with E-state index >= 15 is 0 Å². The largest absolute Gasteiger partial charge is 0.508 e. The maximum atomic E-state index is 12.1. The molecule has 0 aliphatic rings. The number of hydrogen-bond donors (Lipinski definition) is 5. The molecule has 0 fully saturated rings. The lowest BCUT2D eigenvalue weighted by Crippen LogP contribution is -3.12. The van der Waals surface area contributed by atoms with Gasteiger partial charge in [0.2, 0.25) is 0 Å². The van der Waals surface area contributed by atoms with Gasteiger partial charge in [0.15, 0.2) is 0 Å². The monoisotopic (exact) mass is 1110 g/mol. The van der Waals surface area contributed by atoms with Crippen LogP contribution in [0.5, 0.6) is 23.0 Å². The molecule has 29 heteroatoms. The highest BCUT2D eigenvalue weighted by Crippen LogP contribution is 2.41. The molecule has 0 bridgehead atoms. The number of phenolic OH excluding ortho intramolecular Hbond substituents is 4. The molecule has 4 rings (SSSR count). The van der Waals surface area contributed by atoms with Crippen LogP contribution in [0.25, 0.3) is 0 Å². The molecule has 0 unspecified atom stereocenters. The van der Waals surface area contributed by atoms with E-state index in [1.165, 1.54) is 58.2 Å². The second kappa shape index (κ2) is 27.1. The maximum absolute atomic E-state index is 12.1. The van der Waals surface area contributed by atoms with Gasteiger partial charge in [-0.25, -0.2) is 0 Å². The Morgan fingerprint density at radius 1 is 0.260 bits per heavy atom. The first kappa shape index (κ1) is 67.4. The van der Waals surface area contributed by atoms with E-state index in [1.54, 1.807) is 0 Å². The fourth-order valence-corrected chi connectivity index (χ4v) is 5.41. The Bertz CT molecular complexity index is 1830. The lowest BCUT2D eigenvalue weighted by molar-refractivity contribution is -0.900. The second-order valence-corrected chi connectivity index (χ2v) is 15.1. The van der Waals surface area contributed by atoms with Gasteiger partial charge in [0.1, 0.15) is 23.0 Å². The molecular weight excluding hydrogens is 1060 g/mol. The molecule has 4 aromatic carbocycles. The number of quaternary nitrogens is 1. The Balaban J connectivity index is 0.000000889. The van der Waals surface area contributed by atoms with Gasteiger partial charge in [-0.15, -0.1) is 0 Å². The third-order valence-electron chi connectivity index (χ3n) is 8.94. The summed E-state index contributed by atoms with van der Waals surface area (Å²) in [7, 11) is 0. The third-order valence-corrected chi connectivity index (χ3v) is 8.94. The third kappa shape index (κ3) is 26.2. The number of nitrogens with one attached hydrogen (secondary N) is 1. The average Bonchev–Trinajstić information content (AvgIpc) is 3.21. The SMILES string of the molecule is CCCC[NH+](CCCC)CCCC.Oc1cc(C(F)(F)F)cc(C(F)(F)F)c1.Oc1cc(C(F)(F)F)cc(C(F)(F)F)c1.Oc1cc(C(F)(F)F)cc(C(F)(F)F)c1.Oc1cc(C(F)(F)F)cc(C(F)(F)F)c1. The van der Waals surface area contributed by atoms with Crippen molar-refractivity contribution in [2.75, 3.05) is 19.6 Å². The Hall–Kier alpha value is -5.64. The van der Waals surface area contributed by atoms with Gasteiger partial charge in [0.25, 0.3) is 0 Å². The van der Waals surface area contributed by atoms with Gasteiger partial charge in [-0.1, -0.05) is 40.0 Å². The summed E-state index contributed by atoms with van der Waals surface area (Å²) >= 11 is 0. The van der Waals surface area contributed by atoms with Crippen molar-refractivity contribution < 1.29 is 131 Å². The summed E-state index contributed by atoms with van der Waals surface area (Å²) in [6, 6.07) is 1.63. The number of alkyl halides is 24. The molecule has 4 aromatic rings. The minimum absolute atomic E-state index is 0.0558. The standard InChI is InChI=1S/C12H27N.4C8H4F6O/c1-4-7-10-13(11-8-5-2)12-9-6-3;4*9-7(10,11)4-1-5(8(12,13)14)3-6(15)2-4/h4-12H2,1-3H3;4*1-3,15H/p+1. The van der Waals surface area contributed by atoms with E-state index < -0.39 is 117 Å². The van der Waals surface area contributed by atoms with Crippen LogP contribution in [0.15, 0.2) is 72.8 Å². The first-order valence-electron chi connectivity index (χ1n) is 20.5. The highest BCUT2D eigenvalue weighted by Gasteiger charge is 2.40. The van der Waals surface area contributed by atoms with E-state index in [2.05, 4.69) is 20.8 Å². The molecule has 5 nitrogen and oxygen atoms in total. The van der Waals surface area contributed by atoms with Crippen LogP contribution in [0.1, 0.15) is 104 Å². The maximum Gasteiger partial charge on any atom is 0.416 e. The van der Waals surface area contributed by atoms with Gasteiger partial charge in [-0.05, 0) is 92.1 Å². The Labute approximate surface area is 399 Å². The van der Waals surface area contributed by atoms with Gasteiger partial charge in [-0.2, -0.15) is 105 Å². The van der Waals surface area contributed by atoms with E-state index in [1.807, 2.05) is 4.90 Å². The molecule has 0 spiro atoms. The minimum Gasteiger partial charge on any atom is -0.508 e. The summed E-state index contributed by atoms with van der Waals surface area (Å²) in [6.07, 6.45) is -31.1. The second-order valence-electron chi connectivity index (χ2n) is 15.1. The fraction of sp³-hybridized carbons (Fsp3) is 0.455. The van der Waals surface area contributed by atoms with Crippen LogP contribution < -0.4 is 4.90 Å². The molecule has 5 N–H and O–H groups in total. The number of hydrogen-bond acceptors (Lipinski definition) is 4. The Kier molecular flexibility index (Phi) is 25.0. The average molecular weight is 1110 g/mol. The summed E-state index contributed by atoms with van der Waals surface area (Å²) in [4.78, 5) is 1.84. The summed E-state index contributed by atoms with van der Waals surface area (Å²) in [6.45, 7) is 11.1. The van der Waals surface area contributed by atoms with Gasteiger partial charge >= 0.3 is 49.4 Å². The molecule has 73 heavy (non-hydrogen) atoms. The van der Waals surface area contributed by atoms with E-state index in [-0.39, 0.29) is 72.8 Å². The quantitative estimate of drug-likeness (QED) is 0.108. The van der Waals surface area contributed by atoms with Crippen molar-refractivity contribution in [1.82, 2.24) is 0 Å². The van der Waals surface area contributed by atoms with Crippen molar-refractivity contribution in [2.45, 2.75) is 109 Å². The van der Waals surface area contributed by atoms with Gasteiger partial charge in [-0.3, -0.25) is 0 Å². The highest BCUT2D eigenvalue weighted by atomic mass is 19.4. The van der Waals surface area contributed by atoms with Gasteiger partial charge in [0.05, 0.1) is 64.1 Å². The first-order valence-corrected chi connectivity index (χ1v) is 20.5. The van der Waals surface area contributed by atoms with Crippen LogP contribution in [-0.4, -0.2) is 40.1 Å². The lowest BCUT2D eigenvalue weighted by atomic mass is 10.1. The molecule has 0 aromatic heterocycles. The van der Waals surface area contributed by atoms with Gasteiger partial charge in [0, 0.05) is 0 Å². The number of aromatic hydroxyl groups is 4. The molecule has 0 radical (unpaired) electrons. The zero-order chi connectivity index (χ0) is 57.4. The molecule has 0 amide bonds. The summed E-state index contributed by atoms with van der Waals surface area (Å²) in [5.41, 5.74) is -12.3. The molecule has 0 heterocycles. The minimum atomic E-state index is -4.92. The fourth-order valence-electron chi connectivity index (χ4n) is 5.41. The smallest absolute Gasteiger partial charge is 0.416 e. The predicted molar refractivity (Wildman–Crippen MR) is 213 cm³/mol.